The second-order valence-electron chi connectivity index (χ2n) is 18.4. The van der Waals surface area contributed by atoms with Crippen molar-refractivity contribution in [3.63, 3.8) is 0 Å². The molecule has 9 heterocycles. The van der Waals surface area contributed by atoms with Crippen LogP contribution in [0.25, 0.3) is 33.5 Å². The van der Waals surface area contributed by atoms with Gasteiger partial charge in [0.25, 0.3) is 17.1 Å². The fraction of sp³-hybridized carbons (Fsp3) is 0.579. The summed E-state index contributed by atoms with van der Waals surface area (Å²) in [6.07, 6.45) is -11.6. The van der Waals surface area contributed by atoms with Crippen molar-refractivity contribution < 1.29 is 104 Å². The van der Waals surface area contributed by atoms with Crippen molar-refractivity contribution in [3.8, 4) is 0 Å². The molecule has 39 nitrogen and oxygen atoms in total. The van der Waals surface area contributed by atoms with Gasteiger partial charge in [-0.25, -0.2) is 38.2 Å². The SMILES string of the molecule is CCC(=O)N(CC)C[C@H]1[C@@H](O)[C@H]([n+]2cn(C)c3c(=O)[nH]c(N)nc32)O[C@@H]1COP(=O)(O)OP(=O)(O)OP(=O)(O)OC[C@H]1O[C@@H](n2cnc3c(N)ncnc32)[C@H](OC)[C@@H]1P(=O)(O)OCC1O[C@@H](n2cnc3c(=O)[nH]c(N)nc32)[C@H](O)[C@@H]1O. The number of aromatic nitrogens is 12. The minimum absolute atomic E-state index is 0.00719. The maximum atomic E-state index is 14.5. The van der Waals surface area contributed by atoms with Gasteiger partial charge in [-0.1, -0.05) is 11.9 Å². The molecule has 0 aromatic carbocycles. The van der Waals surface area contributed by atoms with Crippen LogP contribution in [0.5, 0.6) is 0 Å². The number of hydrogen-bond acceptors (Lipinski definition) is 28. The summed E-state index contributed by atoms with van der Waals surface area (Å²) >= 11 is 0. The highest BCUT2D eigenvalue weighted by Crippen LogP contribution is 2.68. The van der Waals surface area contributed by atoms with Crippen molar-refractivity contribution in [2.45, 2.75) is 87.3 Å². The number of aliphatic hydroxyl groups excluding tert-OH is 3. The highest BCUT2D eigenvalue weighted by molar-refractivity contribution is 7.66. The molecule has 0 radical (unpaired) electrons. The Morgan fingerprint density at radius 1 is 0.753 bits per heavy atom. The van der Waals surface area contributed by atoms with Gasteiger partial charge in [0.2, 0.25) is 23.6 Å². The van der Waals surface area contributed by atoms with Crippen LogP contribution in [0, 0.1) is 5.92 Å². The van der Waals surface area contributed by atoms with Gasteiger partial charge in [-0.3, -0.25) is 51.7 Å². The van der Waals surface area contributed by atoms with Crippen LogP contribution in [0.3, 0.4) is 0 Å². The molecule has 3 saturated heterocycles. The summed E-state index contributed by atoms with van der Waals surface area (Å²) in [5, 5.41) is 33.7. The first kappa shape index (κ1) is 60.0. The number of aromatic amines is 2. The zero-order valence-electron chi connectivity index (χ0n) is 42.6. The van der Waals surface area contributed by atoms with Gasteiger partial charge in [0, 0.05) is 32.5 Å². The molecule has 0 aliphatic carbocycles. The number of phosphoric ester groups is 2. The second-order valence-corrected chi connectivity index (χ2v) is 25.1. The average molecular weight is 1230 g/mol. The average Bonchev–Trinajstić information content (AvgIpc) is 3.75. The van der Waals surface area contributed by atoms with Gasteiger partial charge in [-0.2, -0.15) is 13.6 Å². The highest BCUT2D eigenvalue weighted by Gasteiger charge is 2.58. The number of fused-ring (bicyclic) bond motifs is 3. The lowest BCUT2D eigenvalue weighted by molar-refractivity contribution is -0.745. The summed E-state index contributed by atoms with van der Waals surface area (Å²) in [6, 6.07) is 0. The summed E-state index contributed by atoms with van der Waals surface area (Å²) in [5.41, 5.74) is 13.7. The fourth-order valence-corrected chi connectivity index (χ4v) is 15.0. The van der Waals surface area contributed by atoms with Crippen LogP contribution in [0.2, 0.25) is 0 Å². The molecule has 3 fully saturated rings. The third-order valence-corrected chi connectivity index (χ3v) is 19.5. The zero-order valence-corrected chi connectivity index (χ0v) is 46.2. The van der Waals surface area contributed by atoms with Gasteiger partial charge < -0.3 is 80.5 Å². The van der Waals surface area contributed by atoms with Crippen LogP contribution in [-0.4, -0.2) is 188 Å². The van der Waals surface area contributed by atoms with Crippen molar-refractivity contribution >= 4 is 88.2 Å². The van der Waals surface area contributed by atoms with E-state index in [1.165, 1.54) is 32.0 Å². The van der Waals surface area contributed by atoms with E-state index >= 15 is 0 Å². The Bertz CT molecular complexity index is 3680. The molecule has 3 aliphatic rings. The topological polar surface area (TPSA) is 553 Å². The summed E-state index contributed by atoms with van der Waals surface area (Å²) in [5.74, 6) is -2.20. The molecule has 444 valence electrons. The summed E-state index contributed by atoms with van der Waals surface area (Å²) in [7, 11) is -20.9. The van der Waals surface area contributed by atoms with Crippen molar-refractivity contribution in [1.29, 1.82) is 0 Å². The summed E-state index contributed by atoms with van der Waals surface area (Å²) < 4.78 is 107. The number of imidazole rings is 3. The number of nitrogens with two attached hydrogens (primary N) is 3. The highest BCUT2D eigenvalue weighted by atomic mass is 31.3. The Hall–Kier alpha value is -5.60. The Kier molecular flexibility index (Phi) is 16.9. The number of nitrogen functional groups attached to an aromatic ring is 3. The number of nitrogens with one attached hydrogen (secondary N) is 2. The molecular weight excluding hydrogens is 1170 g/mol. The quantitative estimate of drug-likeness (QED) is 0.0236. The number of carbonyl (C=O) groups excluding carboxylic acids is 1. The summed E-state index contributed by atoms with van der Waals surface area (Å²) in [4.78, 5) is 112. The number of hydrogen-bond donors (Lipinski definition) is 12. The first-order valence-corrected chi connectivity index (χ1v) is 30.1. The van der Waals surface area contributed by atoms with Crippen LogP contribution >= 0.6 is 31.1 Å². The number of amides is 1. The molecule has 0 spiro atoms. The van der Waals surface area contributed by atoms with E-state index in [2.05, 4.69) is 48.5 Å². The molecule has 6 aromatic heterocycles. The molecule has 0 saturated carbocycles. The van der Waals surface area contributed by atoms with E-state index in [1.807, 2.05) is 0 Å². The van der Waals surface area contributed by atoms with Gasteiger partial charge in [-0.15, -0.1) is 0 Å². The van der Waals surface area contributed by atoms with Gasteiger partial charge in [0.15, 0.2) is 41.4 Å². The number of aryl methyl sites for hydroxylation is 1. The molecule has 3 aliphatic heterocycles. The number of rotatable bonds is 22. The van der Waals surface area contributed by atoms with Gasteiger partial charge in [0.05, 0.1) is 45.6 Å². The predicted octanol–water partition coefficient (Wildman–Crippen LogP) is -3.13. The van der Waals surface area contributed by atoms with Crippen LogP contribution in [0.1, 0.15) is 39.0 Å². The van der Waals surface area contributed by atoms with Crippen LogP contribution in [-0.2, 0) is 71.2 Å². The number of phosphoric acid groups is 3. The lowest BCUT2D eigenvalue weighted by Crippen LogP contribution is -2.47. The maximum absolute atomic E-state index is 14.5. The molecule has 1 amide bonds. The predicted molar refractivity (Wildman–Crippen MR) is 268 cm³/mol. The van der Waals surface area contributed by atoms with E-state index in [9.17, 15) is 67.5 Å². The largest absolute Gasteiger partial charge is 0.490 e. The Morgan fingerprint density at radius 2 is 1.36 bits per heavy atom. The number of H-pyrrole nitrogens is 2. The standard InChI is InChI=1S/C38H54N16O23P4/c1-5-19(55)51(6-2)7-15-16(73-34(23(15)56)54-14-50(3)22-31(54)47-38(41)49-33(22)60)8-71-79(63,64)76-81(67,68)77-80(65,66)72-10-18-27(26(69-4)36(75-18)52-12-44-20-28(39)42-11-43-29(20)52)78(61,62)70-9-17-24(57)25(58)35(74-17)53-13-45-21-30(53)46-37(40)48-32(21)59/h11-18,23-27,34-36,56-58H,5-10H2,1-4H3,(H11-,39,40,41,42,43,46,47,48,49,59,60,61,62,63,64,65,66,67,68)/p+1/t15-,16-,17?,18-,23-,24-,25-,26-,27-,34-,35-,36-/m1/s1. The minimum atomic E-state index is -6.25. The number of aliphatic hydroxyl groups is 3. The minimum Gasteiger partial charge on any atom is -0.387 e. The van der Waals surface area contributed by atoms with Gasteiger partial charge >= 0.3 is 36.7 Å². The maximum Gasteiger partial charge on any atom is 0.490 e. The normalized spacial score (nSPS) is 29.0. The molecule has 81 heavy (non-hydrogen) atoms. The van der Waals surface area contributed by atoms with Crippen LogP contribution in [0.4, 0.5) is 17.7 Å². The Balaban J connectivity index is 0.902. The number of carbonyl (C=O) groups is 1. The smallest absolute Gasteiger partial charge is 0.387 e. The molecule has 0 bridgehead atoms. The van der Waals surface area contributed by atoms with E-state index in [-0.39, 0.29) is 76.6 Å². The van der Waals surface area contributed by atoms with E-state index in [4.69, 9.17) is 49.7 Å². The Morgan fingerprint density at radius 3 is 2.01 bits per heavy atom. The molecule has 6 aromatic rings. The second kappa shape index (κ2) is 22.9. The van der Waals surface area contributed by atoms with Crippen LogP contribution < -0.4 is 32.9 Å². The fourth-order valence-electron chi connectivity index (χ4n) is 9.69. The third-order valence-electron chi connectivity index (χ3n) is 13.4. The first-order valence-electron chi connectivity index (χ1n) is 24.0. The lowest BCUT2D eigenvalue weighted by atomic mass is 9.97. The molecule has 15 N–H and O–H groups in total. The lowest BCUT2D eigenvalue weighted by Gasteiger charge is -2.28. The zero-order chi connectivity index (χ0) is 58.8. The molecular formula is C38H55N16O23P4+. The molecule has 5 unspecified atom stereocenters. The Labute approximate surface area is 452 Å². The number of ether oxygens (including phenoxy) is 4. The van der Waals surface area contributed by atoms with Crippen LogP contribution in [0.15, 0.2) is 34.9 Å². The van der Waals surface area contributed by atoms with Crippen molar-refractivity contribution in [3.05, 3.63) is 46.0 Å². The van der Waals surface area contributed by atoms with E-state index in [0.717, 1.165) is 30.7 Å². The van der Waals surface area contributed by atoms with E-state index in [1.54, 1.807) is 13.8 Å². The van der Waals surface area contributed by atoms with Crippen molar-refractivity contribution in [2.75, 3.05) is 57.2 Å². The van der Waals surface area contributed by atoms with Gasteiger partial charge in [0.1, 0.15) is 54.1 Å². The molecule has 9 rings (SSSR count). The van der Waals surface area contributed by atoms with Crippen molar-refractivity contribution in [2.24, 2.45) is 13.0 Å². The number of anilines is 3. The monoisotopic (exact) mass is 1230 g/mol. The molecule has 16 atom stereocenters. The third kappa shape index (κ3) is 12.0. The number of methoxy groups -OCH3 is 1. The van der Waals surface area contributed by atoms with Crippen molar-refractivity contribution in [1.82, 2.24) is 58.5 Å². The van der Waals surface area contributed by atoms with E-state index < -0.39 is 135 Å². The first-order chi connectivity index (χ1) is 38.1. The molecule has 43 heteroatoms. The van der Waals surface area contributed by atoms with E-state index in [0.29, 0.717) is 0 Å². The summed E-state index contributed by atoms with van der Waals surface area (Å²) in [6.45, 7) is -0.159. The number of nitrogens with zero attached hydrogens (tertiary/aromatic N) is 11. The van der Waals surface area contributed by atoms with Gasteiger partial charge in [-0.05, 0) is 6.92 Å².